The average Bonchev–Trinajstić information content (AvgIpc) is 3.86. The normalized spacial score (nSPS) is 37.2. The summed E-state index contributed by atoms with van der Waals surface area (Å²) in [5.41, 5.74) is 11.4. The van der Waals surface area contributed by atoms with E-state index in [9.17, 15) is 19.5 Å². The van der Waals surface area contributed by atoms with Gasteiger partial charge in [0.2, 0.25) is 0 Å². The number of carbonyl (C=O) groups excluding carboxylic acids is 3. The van der Waals surface area contributed by atoms with Gasteiger partial charge in [0, 0.05) is 50.0 Å². The van der Waals surface area contributed by atoms with E-state index in [0.29, 0.717) is 49.9 Å². The lowest BCUT2D eigenvalue weighted by molar-refractivity contribution is -0.699. The summed E-state index contributed by atoms with van der Waals surface area (Å²) in [4.78, 5) is 46.7. The zero-order valence-corrected chi connectivity index (χ0v) is 31.6. The van der Waals surface area contributed by atoms with E-state index < -0.39 is 35.1 Å². The highest BCUT2D eigenvalue weighted by Gasteiger charge is 2.87. The Morgan fingerprint density at radius 3 is 2.69 bits per heavy atom. The number of Topliss-reactive ketones (excluding diaryl/α,β-unsaturated/α-hetero) is 2. The first-order chi connectivity index (χ1) is 25.1. The fourth-order valence-electron chi connectivity index (χ4n) is 10.3. The number of carbonyl (C=O) groups is 3. The summed E-state index contributed by atoms with van der Waals surface area (Å²) >= 11 is 0. The van der Waals surface area contributed by atoms with Gasteiger partial charge < -0.3 is 25.2 Å². The Bertz CT molecular complexity index is 1460. The summed E-state index contributed by atoms with van der Waals surface area (Å²) in [6, 6.07) is 0.120. The Morgan fingerprint density at radius 1 is 1.21 bits per heavy atom. The molecule has 0 aromatic rings. The molecule has 6 aliphatic rings. The molecule has 2 saturated carbocycles. The fraction of sp³-hybridized carbons (Fsp3) is 0.750. The molecule has 11 N–H and O–H groups in total. The summed E-state index contributed by atoms with van der Waals surface area (Å²) in [7, 11) is 1.78. The molecule has 4 aliphatic carbocycles. The molecule has 288 valence electrons. The molecule has 2 heterocycles. The number of ketones is 2. The van der Waals surface area contributed by atoms with E-state index in [-0.39, 0.29) is 48.8 Å². The number of aliphatic hydroxyl groups is 1. The molecule has 11 atom stereocenters. The van der Waals surface area contributed by atoms with Crippen LogP contribution in [0.1, 0.15) is 97.3 Å². The van der Waals surface area contributed by atoms with Crippen molar-refractivity contribution >= 4 is 23.5 Å². The number of hydrogen-bond donors (Lipinski definition) is 7. The van der Waals surface area contributed by atoms with Gasteiger partial charge in [-0.3, -0.25) is 31.4 Å². The predicted molar refractivity (Wildman–Crippen MR) is 196 cm³/mol. The van der Waals surface area contributed by atoms with Crippen molar-refractivity contribution in [1.82, 2.24) is 5.32 Å². The number of esters is 1. The third-order valence-electron chi connectivity index (χ3n) is 13.2. The van der Waals surface area contributed by atoms with E-state index in [2.05, 4.69) is 46.1 Å². The summed E-state index contributed by atoms with van der Waals surface area (Å²) < 4.78 is 12.9. The molecular formula is C40H65N6O6+3. The molecule has 2 saturated heterocycles. The lowest BCUT2D eigenvalue weighted by Gasteiger charge is -2.40. The lowest BCUT2D eigenvalue weighted by atomic mass is 9.61. The molecule has 6 rings (SSSR count). The number of epoxide rings is 1. The van der Waals surface area contributed by atoms with Crippen LogP contribution in [0.3, 0.4) is 0 Å². The van der Waals surface area contributed by atoms with Crippen molar-refractivity contribution < 1.29 is 44.6 Å². The molecule has 0 spiro atoms. The molecule has 12 nitrogen and oxygen atoms in total. The molecule has 0 aromatic heterocycles. The maximum Gasteiger partial charge on any atom is 0.350 e. The van der Waals surface area contributed by atoms with Crippen molar-refractivity contribution in [3.8, 4) is 0 Å². The number of guanidine groups is 1. The predicted octanol–water partition coefficient (Wildman–Crippen LogP) is -1.03. The van der Waals surface area contributed by atoms with Gasteiger partial charge in [0.1, 0.15) is 18.3 Å². The number of piperidine rings is 1. The average molecular weight is 726 g/mol. The van der Waals surface area contributed by atoms with E-state index in [4.69, 9.17) is 20.9 Å². The maximum absolute atomic E-state index is 14.7. The minimum Gasteiger partial charge on any atom is -0.459 e. The van der Waals surface area contributed by atoms with Crippen molar-refractivity contribution in [3.05, 3.63) is 35.5 Å². The number of nitrogens with two attached hydrogens (primary N) is 4. The third-order valence-corrected chi connectivity index (χ3v) is 13.2. The van der Waals surface area contributed by atoms with Gasteiger partial charge in [-0.2, -0.15) is 0 Å². The van der Waals surface area contributed by atoms with E-state index in [1.165, 1.54) is 5.57 Å². The number of quaternary nitrogens is 2. The fourth-order valence-corrected chi connectivity index (χ4v) is 10.3. The summed E-state index contributed by atoms with van der Waals surface area (Å²) in [6.07, 6.45) is 17.8. The van der Waals surface area contributed by atoms with Gasteiger partial charge in [0.25, 0.3) is 5.60 Å². The number of hydrogen-bond acceptors (Lipinski definition) is 7. The van der Waals surface area contributed by atoms with Crippen LogP contribution in [0.2, 0.25) is 0 Å². The number of nitrogens with one attached hydrogen (secondary N) is 2. The van der Waals surface area contributed by atoms with E-state index >= 15 is 0 Å². The first-order valence-corrected chi connectivity index (χ1v) is 20.2. The van der Waals surface area contributed by atoms with Crippen molar-refractivity contribution in [1.29, 1.82) is 0 Å². The van der Waals surface area contributed by atoms with Crippen molar-refractivity contribution in [2.75, 3.05) is 26.7 Å². The van der Waals surface area contributed by atoms with Gasteiger partial charge in [0.15, 0.2) is 17.2 Å². The molecule has 0 aromatic carbocycles. The summed E-state index contributed by atoms with van der Waals surface area (Å²) in [6.45, 7) is 5.94. The van der Waals surface area contributed by atoms with E-state index in [1.54, 1.807) is 7.05 Å². The number of allylic oxidation sites excluding steroid dienone is 3. The van der Waals surface area contributed by atoms with Gasteiger partial charge >= 0.3 is 11.9 Å². The van der Waals surface area contributed by atoms with Crippen LogP contribution in [0.4, 0.5) is 0 Å². The van der Waals surface area contributed by atoms with E-state index in [0.717, 1.165) is 63.6 Å². The summed E-state index contributed by atoms with van der Waals surface area (Å²) in [5.74, 6) is -0.902. The Morgan fingerprint density at radius 2 is 1.98 bits per heavy atom. The van der Waals surface area contributed by atoms with Gasteiger partial charge in [0.05, 0.1) is 32.1 Å². The van der Waals surface area contributed by atoms with Crippen LogP contribution >= 0.6 is 0 Å². The second-order valence-electron chi connectivity index (χ2n) is 16.5. The molecule has 0 amide bonds. The highest BCUT2D eigenvalue weighted by atomic mass is 16.7. The molecule has 52 heavy (non-hydrogen) atoms. The Labute approximate surface area is 309 Å². The van der Waals surface area contributed by atoms with Crippen LogP contribution in [0, 0.1) is 29.6 Å². The van der Waals surface area contributed by atoms with Crippen LogP contribution in [0.15, 0.2) is 35.5 Å². The van der Waals surface area contributed by atoms with Crippen LogP contribution in [0.25, 0.3) is 0 Å². The van der Waals surface area contributed by atoms with Crippen LogP contribution in [-0.2, 0) is 23.9 Å². The largest absolute Gasteiger partial charge is 0.459 e. The lowest BCUT2D eigenvalue weighted by Crippen LogP contribution is -2.95. The maximum atomic E-state index is 14.7. The SMILES string of the molecule is CC[NH2+][C@H]1C=C2C=CCC[C@H]2C[C@H]1[C@H](CCCO)OC(=O)[C@]12O[C@@]1(CC=C(C)C[C@@H](NC(N)=[NH+]C)C1CC[NH2+]C(N)C1)C(=O)C1CCCCC1C2=O. The molecule has 0 bridgehead atoms. The van der Waals surface area contributed by atoms with Gasteiger partial charge in [-0.05, 0) is 76.4 Å². The Hall–Kier alpha value is -2.90. The van der Waals surface area contributed by atoms with Crippen molar-refractivity contribution in [2.45, 2.75) is 133 Å². The first kappa shape index (κ1) is 38.8. The highest BCUT2D eigenvalue weighted by Crippen LogP contribution is 2.61. The van der Waals surface area contributed by atoms with Gasteiger partial charge in [-0.1, -0.05) is 36.6 Å². The zero-order valence-electron chi connectivity index (χ0n) is 31.6. The third kappa shape index (κ3) is 7.56. The quantitative estimate of drug-likeness (QED) is 0.0292. The number of aliphatic hydroxyl groups excluding tert-OH is 1. The van der Waals surface area contributed by atoms with E-state index in [1.807, 2.05) is 13.0 Å². The highest BCUT2D eigenvalue weighted by molar-refractivity contribution is 6.23. The number of fused-ring (bicyclic) bond motifs is 3. The Balaban J connectivity index is 1.27. The number of ether oxygens (including phenoxy) is 2. The first-order valence-electron chi connectivity index (χ1n) is 20.2. The van der Waals surface area contributed by atoms with Gasteiger partial charge in [-0.15, -0.1) is 0 Å². The number of rotatable bonds is 14. The molecule has 2 aliphatic heterocycles. The Kier molecular flexibility index (Phi) is 12.4. The number of likely N-dealkylation sites (N-methyl/N-ethyl adjacent to an activating group) is 1. The standard InChI is InChI=1S/C40H62N6O6/c1-4-44-32-22-26-11-6-5-10-25(26)21-30(32)33(14-9-19-47)51-37(50)40-36(49)29-13-8-7-12-28(29)35(48)39(40,52-40)17-15-24(2)20-31(46-38(42)43-3)27-16-18-45-34(41)23-27/h6,11,15,22,25,27-34,44-45,47H,4-5,7-10,12-14,16-21,23,41H2,1-3H3,(H3,42,43,46)/p+3/t25-,27?,28?,29?,30+,31+,32-,33-,34?,39-,40-/m0/s1. The minimum atomic E-state index is -1.93. The van der Waals surface area contributed by atoms with Crippen molar-refractivity contribution in [3.63, 3.8) is 0 Å². The van der Waals surface area contributed by atoms with Crippen molar-refractivity contribution in [2.24, 2.45) is 41.1 Å². The molecule has 4 fully saturated rings. The smallest absolute Gasteiger partial charge is 0.350 e. The molecule has 12 heteroatoms. The topological polar surface area (TPSA) is 204 Å². The summed E-state index contributed by atoms with van der Waals surface area (Å²) in [5, 5.41) is 17.8. The molecule has 0 radical (unpaired) electrons. The van der Waals surface area contributed by atoms with Crippen LogP contribution in [-0.4, -0.2) is 90.9 Å². The molecular weight excluding hydrogens is 660 g/mol. The van der Waals surface area contributed by atoms with Gasteiger partial charge in [-0.25, -0.2) is 4.79 Å². The van der Waals surface area contributed by atoms with Crippen LogP contribution < -0.4 is 32.4 Å². The minimum absolute atomic E-state index is 0.0102. The zero-order chi connectivity index (χ0) is 37.0. The van der Waals surface area contributed by atoms with Crippen LogP contribution in [0.5, 0.6) is 0 Å². The molecule has 4 unspecified atom stereocenters. The second-order valence-corrected chi connectivity index (χ2v) is 16.5. The second kappa shape index (κ2) is 16.6. The monoisotopic (exact) mass is 725 g/mol.